The lowest BCUT2D eigenvalue weighted by Gasteiger charge is -2.27. The number of Topliss-reactive ketones (excluding diaryl/α,β-unsaturated/α-hetero) is 1. The first-order valence-corrected chi connectivity index (χ1v) is 7.66. The predicted molar refractivity (Wildman–Crippen MR) is 86.4 cm³/mol. The van der Waals surface area contributed by atoms with Gasteiger partial charge in [-0.05, 0) is 23.3 Å². The number of benzene rings is 2. The minimum Gasteiger partial charge on any atom is -0.507 e. The molecule has 5 heteroatoms. The molecule has 1 N–H and O–H groups in total. The first kappa shape index (κ1) is 15.9. The van der Waals surface area contributed by atoms with Gasteiger partial charge in [-0.2, -0.15) is 0 Å². The molecule has 0 saturated heterocycles. The zero-order chi connectivity index (χ0) is 17.4. The summed E-state index contributed by atoms with van der Waals surface area (Å²) in [7, 11) is 0. The molecule has 0 aromatic heterocycles. The number of fused-ring (bicyclic) bond motifs is 2. The zero-order valence-corrected chi connectivity index (χ0v) is 13.3. The minimum atomic E-state index is -0.666. The Morgan fingerprint density at radius 2 is 1.71 bits per heavy atom. The van der Waals surface area contributed by atoms with Crippen LogP contribution in [0.3, 0.4) is 0 Å². The molecular weight excluding hydrogens is 308 g/mol. The van der Waals surface area contributed by atoms with Gasteiger partial charge in [-0.3, -0.25) is 14.4 Å². The van der Waals surface area contributed by atoms with Crippen molar-refractivity contribution < 1.29 is 24.2 Å². The molecule has 0 heterocycles. The van der Waals surface area contributed by atoms with Gasteiger partial charge in [-0.1, -0.05) is 31.2 Å². The van der Waals surface area contributed by atoms with Crippen molar-refractivity contribution in [2.24, 2.45) is 0 Å². The van der Waals surface area contributed by atoms with Crippen LogP contribution in [0.2, 0.25) is 0 Å². The minimum absolute atomic E-state index is 0.0735. The van der Waals surface area contributed by atoms with E-state index in [1.54, 1.807) is 31.2 Å². The number of carbonyl (C=O) groups is 3. The number of phenolic OH excluding ortho intramolecular Hbond substituents is 1. The number of carbonyl (C=O) groups excluding carboxylic acids is 3. The number of phenols is 1. The second-order valence-corrected chi connectivity index (χ2v) is 5.64. The van der Waals surface area contributed by atoms with Crippen molar-refractivity contribution in [3.8, 4) is 11.5 Å². The Balaban J connectivity index is 2.32. The maximum Gasteiger partial charge on any atom is 0.308 e. The Morgan fingerprint density at radius 3 is 2.33 bits per heavy atom. The van der Waals surface area contributed by atoms with Gasteiger partial charge in [0.2, 0.25) is 5.78 Å². The van der Waals surface area contributed by atoms with Gasteiger partial charge in [-0.15, -0.1) is 0 Å². The lowest BCUT2D eigenvalue weighted by Crippen LogP contribution is -2.25. The van der Waals surface area contributed by atoms with Gasteiger partial charge >= 0.3 is 5.97 Å². The molecule has 24 heavy (non-hydrogen) atoms. The number of esters is 1. The lowest BCUT2D eigenvalue weighted by molar-refractivity contribution is -0.131. The topological polar surface area (TPSA) is 80.7 Å². The first-order valence-electron chi connectivity index (χ1n) is 7.66. The monoisotopic (exact) mass is 324 g/mol. The Labute approximate surface area is 138 Å². The third-order valence-electron chi connectivity index (χ3n) is 4.13. The largest absolute Gasteiger partial charge is 0.507 e. The van der Waals surface area contributed by atoms with Crippen LogP contribution >= 0.6 is 0 Å². The average Bonchev–Trinajstić information content (AvgIpc) is 2.54. The number of ketones is 2. The smallest absolute Gasteiger partial charge is 0.308 e. The van der Waals surface area contributed by atoms with E-state index >= 15 is 0 Å². The summed E-state index contributed by atoms with van der Waals surface area (Å²) >= 11 is 0. The van der Waals surface area contributed by atoms with Crippen molar-refractivity contribution in [3.05, 3.63) is 58.7 Å². The van der Waals surface area contributed by atoms with Gasteiger partial charge in [0.1, 0.15) is 17.3 Å². The molecule has 0 radical (unpaired) electrons. The van der Waals surface area contributed by atoms with E-state index in [4.69, 9.17) is 4.74 Å². The van der Waals surface area contributed by atoms with E-state index in [9.17, 15) is 19.5 Å². The molecule has 1 aliphatic carbocycles. The van der Waals surface area contributed by atoms with Crippen LogP contribution in [0.25, 0.3) is 0 Å². The molecule has 2 aromatic rings. The van der Waals surface area contributed by atoms with Crippen LogP contribution in [0.15, 0.2) is 36.4 Å². The van der Waals surface area contributed by atoms with Crippen molar-refractivity contribution >= 4 is 17.5 Å². The lowest BCUT2D eigenvalue weighted by atomic mass is 9.74. The van der Waals surface area contributed by atoms with Crippen LogP contribution in [0.5, 0.6) is 11.5 Å². The summed E-state index contributed by atoms with van der Waals surface area (Å²) in [5, 5.41) is 10.2. The summed E-state index contributed by atoms with van der Waals surface area (Å²) in [6.07, 6.45) is 0.283. The predicted octanol–water partition coefficient (Wildman–Crippen LogP) is 2.97. The van der Waals surface area contributed by atoms with Gasteiger partial charge in [0.05, 0.1) is 17.0 Å². The highest BCUT2D eigenvalue weighted by atomic mass is 16.5. The van der Waals surface area contributed by atoms with Crippen LogP contribution in [0.4, 0.5) is 0 Å². The zero-order valence-electron chi connectivity index (χ0n) is 13.3. The summed E-state index contributed by atoms with van der Waals surface area (Å²) in [5.41, 5.74) is 1.24. The molecule has 0 fully saturated rings. The van der Waals surface area contributed by atoms with Gasteiger partial charge in [0, 0.05) is 13.3 Å². The molecule has 2 aromatic carbocycles. The molecule has 0 bridgehead atoms. The summed E-state index contributed by atoms with van der Waals surface area (Å²) < 4.78 is 5.15. The van der Waals surface area contributed by atoms with E-state index in [0.29, 0.717) is 11.1 Å². The van der Waals surface area contributed by atoms with Gasteiger partial charge in [0.15, 0.2) is 0 Å². The van der Waals surface area contributed by atoms with Crippen LogP contribution in [0, 0.1) is 0 Å². The molecule has 0 amide bonds. The fourth-order valence-electron chi connectivity index (χ4n) is 3.16. The van der Waals surface area contributed by atoms with E-state index in [2.05, 4.69) is 0 Å². The highest BCUT2D eigenvalue weighted by Gasteiger charge is 2.38. The van der Waals surface area contributed by atoms with E-state index in [-0.39, 0.29) is 34.8 Å². The Morgan fingerprint density at radius 1 is 1.08 bits per heavy atom. The third kappa shape index (κ3) is 2.38. The second-order valence-electron chi connectivity index (χ2n) is 5.64. The molecule has 1 aliphatic rings. The van der Waals surface area contributed by atoms with Crippen LogP contribution in [-0.2, 0) is 9.59 Å². The fraction of sp³-hybridized carbons (Fsp3) is 0.211. The normalized spacial score (nSPS) is 15.4. The van der Waals surface area contributed by atoms with Crippen LogP contribution in [0.1, 0.15) is 53.2 Å². The molecule has 3 rings (SSSR count). The van der Waals surface area contributed by atoms with E-state index in [0.717, 1.165) is 0 Å². The van der Waals surface area contributed by atoms with Crippen molar-refractivity contribution in [2.75, 3.05) is 0 Å². The number of aromatic hydroxyl groups is 1. The van der Waals surface area contributed by atoms with Gasteiger partial charge in [0.25, 0.3) is 0 Å². The standard InChI is InChI=1S/C19H16O5/c1-3-13(21)16-11-6-4-8-14(22)17(11)19(23)18-12(16)7-5-9-15(18)24-10(2)20/h4-9,16,22H,3H2,1-2H3. The highest BCUT2D eigenvalue weighted by Crippen LogP contribution is 2.43. The number of hydrogen-bond acceptors (Lipinski definition) is 5. The van der Waals surface area contributed by atoms with Crippen molar-refractivity contribution in [3.63, 3.8) is 0 Å². The number of ether oxygens (including phenoxy) is 1. The van der Waals surface area contributed by atoms with Crippen molar-refractivity contribution in [1.29, 1.82) is 0 Å². The summed E-state index contributed by atoms with van der Waals surface area (Å²) in [6, 6.07) is 9.53. The average molecular weight is 324 g/mol. The quantitative estimate of drug-likeness (QED) is 0.693. The molecule has 1 unspecified atom stereocenters. The molecule has 5 nitrogen and oxygen atoms in total. The number of hydrogen-bond donors (Lipinski definition) is 1. The maximum atomic E-state index is 12.9. The molecule has 0 spiro atoms. The first-order chi connectivity index (χ1) is 11.5. The Bertz CT molecular complexity index is 866. The van der Waals surface area contributed by atoms with E-state index < -0.39 is 17.7 Å². The summed E-state index contributed by atoms with van der Waals surface area (Å²) in [4.78, 5) is 36.8. The third-order valence-corrected chi connectivity index (χ3v) is 4.13. The molecule has 1 atom stereocenters. The van der Waals surface area contributed by atoms with Gasteiger partial charge < -0.3 is 9.84 Å². The van der Waals surface area contributed by atoms with Gasteiger partial charge in [-0.25, -0.2) is 0 Å². The van der Waals surface area contributed by atoms with Crippen molar-refractivity contribution in [2.45, 2.75) is 26.2 Å². The molecular formula is C19H16O5. The van der Waals surface area contributed by atoms with Crippen molar-refractivity contribution in [1.82, 2.24) is 0 Å². The van der Waals surface area contributed by atoms with E-state index in [1.807, 2.05) is 0 Å². The molecule has 122 valence electrons. The van der Waals surface area contributed by atoms with Crippen LogP contribution < -0.4 is 4.74 Å². The Hall–Kier alpha value is -2.95. The number of rotatable bonds is 3. The Kier molecular flexibility index (Phi) is 3.93. The maximum absolute atomic E-state index is 12.9. The van der Waals surface area contributed by atoms with E-state index in [1.165, 1.54) is 19.1 Å². The molecule has 0 saturated carbocycles. The summed E-state index contributed by atoms with van der Waals surface area (Å²) in [6.45, 7) is 2.99. The van der Waals surface area contributed by atoms with Crippen LogP contribution in [-0.4, -0.2) is 22.6 Å². The summed E-state index contributed by atoms with van der Waals surface area (Å²) in [5.74, 6) is -1.83. The second kappa shape index (κ2) is 5.92. The fourth-order valence-corrected chi connectivity index (χ4v) is 3.16. The SMILES string of the molecule is CCC(=O)C1c2cccc(O)c2C(=O)c2c(OC(C)=O)cccc21. The molecule has 0 aliphatic heterocycles. The highest BCUT2D eigenvalue weighted by molar-refractivity contribution is 6.18.